The summed E-state index contributed by atoms with van der Waals surface area (Å²) >= 11 is 0. The SMILES string of the molecule is CC(C)c1cc(-c2ccccn2)nc(C(C)C)n1. The van der Waals surface area contributed by atoms with Gasteiger partial charge in [0.05, 0.1) is 11.4 Å². The molecule has 3 heteroatoms. The van der Waals surface area contributed by atoms with Gasteiger partial charge in [0.2, 0.25) is 0 Å². The normalized spacial score (nSPS) is 11.2. The highest BCUT2D eigenvalue weighted by molar-refractivity contribution is 5.54. The first kappa shape index (κ1) is 12.7. The molecule has 2 aromatic heterocycles. The summed E-state index contributed by atoms with van der Waals surface area (Å²) in [7, 11) is 0. The van der Waals surface area contributed by atoms with Gasteiger partial charge in [-0.3, -0.25) is 4.98 Å². The van der Waals surface area contributed by atoms with Crippen molar-refractivity contribution in [1.82, 2.24) is 15.0 Å². The molecule has 0 saturated heterocycles. The summed E-state index contributed by atoms with van der Waals surface area (Å²) in [6.45, 7) is 8.52. The standard InChI is InChI=1S/C15H19N3/c1-10(2)13-9-14(12-7-5-6-8-16-12)18-15(17-13)11(3)4/h5-11H,1-4H3. The van der Waals surface area contributed by atoms with Crippen LogP contribution in [0.15, 0.2) is 30.5 Å². The van der Waals surface area contributed by atoms with Gasteiger partial charge in [0.25, 0.3) is 0 Å². The summed E-state index contributed by atoms with van der Waals surface area (Å²) in [5.74, 6) is 1.61. The van der Waals surface area contributed by atoms with Crippen molar-refractivity contribution >= 4 is 0 Å². The Hall–Kier alpha value is -1.77. The molecule has 0 atom stereocenters. The van der Waals surface area contributed by atoms with Crippen molar-refractivity contribution < 1.29 is 0 Å². The van der Waals surface area contributed by atoms with E-state index in [1.54, 1.807) is 6.20 Å². The van der Waals surface area contributed by atoms with E-state index < -0.39 is 0 Å². The lowest BCUT2D eigenvalue weighted by molar-refractivity contribution is 0.731. The Morgan fingerprint density at radius 1 is 0.889 bits per heavy atom. The van der Waals surface area contributed by atoms with Crippen LogP contribution in [0.4, 0.5) is 0 Å². The third-order valence-corrected chi connectivity index (χ3v) is 2.80. The molecule has 0 unspecified atom stereocenters. The molecule has 0 aliphatic heterocycles. The zero-order chi connectivity index (χ0) is 13.1. The van der Waals surface area contributed by atoms with E-state index in [2.05, 4.69) is 42.6 Å². The maximum absolute atomic E-state index is 4.62. The molecule has 0 bridgehead atoms. The molecule has 2 heterocycles. The van der Waals surface area contributed by atoms with Gasteiger partial charge >= 0.3 is 0 Å². The van der Waals surface area contributed by atoms with Crippen molar-refractivity contribution in [2.45, 2.75) is 39.5 Å². The van der Waals surface area contributed by atoms with Gasteiger partial charge in [0.1, 0.15) is 5.82 Å². The molecular formula is C15H19N3. The molecule has 0 spiro atoms. The van der Waals surface area contributed by atoms with Crippen LogP contribution in [0.25, 0.3) is 11.4 Å². The van der Waals surface area contributed by atoms with Crippen molar-refractivity contribution in [1.29, 1.82) is 0 Å². The Morgan fingerprint density at radius 3 is 2.22 bits per heavy atom. The van der Waals surface area contributed by atoms with Gasteiger partial charge in [0, 0.05) is 17.8 Å². The molecule has 0 aliphatic carbocycles. The molecule has 2 aromatic rings. The van der Waals surface area contributed by atoms with Gasteiger partial charge in [-0.15, -0.1) is 0 Å². The minimum Gasteiger partial charge on any atom is -0.255 e. The summed E-state index contributed by atoms with van der Waals surface area (Å²) in [6.07, 6.45) is 1.79. The molecule has 0 amide bonds. The van der Waals surface area contributed by atoms with E-state index in [0.29, 0.717) is 11.8 Å². The number of nitrogens with zero attached hydrogens (tertiary/aromatic N) is 3. The fourth-order valence-electron chi connectivity index (χ4n) is 1.68. The summed E-state index contributed by atoms with van der Waals surface area (Å²) in [5.41, 5.74) is 2.90. The van der Waals surface area contributed by atoms with Gasteiger partial charge in [-0.2, -0.15) is 0 Å². The van der Waals surface area contributed by atoms with E-state index in [1.807, 2.05) is 24.3 Å². The molecule has 0 radical (unpaired) electrons. The molecule has 94 valence electrons. The van der Waals surface area contributed by atoms with Gasteiger partial charge in [0.15, 0.2) is 0 Å². The Balaban J connectivity index is 2.54. The Labute approximate surface area is 108 Å². The van der Waals surface area contributed by atoms with Crippen LogP contribution in [0.5, 0.6) is 0 Å². The summed E-state index contributed by atoms with van der Waals surface area (Å²) in [4.78, 5) is 13.6. The molecule has 0 aliphatic rings. The number of rotatable bonds is 3. The molecule has 0 N–H and O–H groups in total. The minimum absolute atomic E-state index is 0.325. The van der Waals surface area contributed by atoms with Crippen molar-refractivity contribution in [2.24, 2.45) is 0 Å². The predicted octanol–water partition coefficient (Wildman–Crippen LogP) is 3.79. The second-order valence-corrected chi connectivity index (χ2v) is 5.06. The lowest BCUT2D eigenvalue weighted by Gasteiger charge is -2.11. The molecular weight excluding hydrogens is 222 g/mol. The number of hydrogen-bond donors (Lipinski definition) is 0. The fourth-order valence-corrected chi connectivity index (χ4v) is 1.68. The van der Waals surface area contributed by atoms with Crippen LogP contribution in [0.2, 0.25) is 0 Å². The first-order valence-corrected chi connectivity index (χ1v) is 6.38. The third-order valence-electron chi connectivity index (χ3n) is 2.80. The lowest BCUT2D eigenvalue weighted by atomic mass is 10.1. The Bertz CT molecular complexity index is 492. The first-order valence-electron chi connectivity index (χ1n) is 6.38. The van der Waals surface area contributed by atoms with Crippen LogP contribution < -0.4 is 0 Å². The topological polar surface area (TPSA) is 38.7 Å². The average molecular weight is 241 g/mol. The highest BCUT2D eigenvalue weighted by Gasteiger charge is 2.11. The van der Waals surface area contributed by atoms with Gasteiger partial charge < -0.3 is 0 Å². The predicted molar refractivity (Wildman–Crippen MR) is 73.4 cm³/mol. The number of hydrogen-bond acceptors (Lipinski definition) is 3. The molecule has 18 heavy (non-hydrogen) atoms. The molecule has 3 nitrogen and oxygen atoms in total. The van der Waals surface area contributed by atoms with Crippen molar-refractivity contribution in [3.8, 4) is 11.4 Å². The van der Waals surface area contributed by atoms with Crippen LogP contribution in [0.3, 0.4) is 0 Å². The lowest BCUT2D eigenvalue weighted by Crippen LogP contribution is -2.04. The first-order chi connectivity index (χ1) is 8.58. The zero-order valence-corrected chi connectivity index (χ0v) is 11.4. The second kappa shape index (κ2) is 5.25. The van der Waals surface area contributed by atoms with E-state index in [-0.39, 0.29) is 0 Å². The number of aromatic nitrogens is 3. The largest absolute Gasteiger partial charge is 0.255 e. The summed E-state index contributed by atoms with van der Waals surface area (Å²) < 4.78 is 0. The van der Waals surface area contributed by atoms with E-state index in [1.165, 1.54) is 0 Å². The van der Waals surface area contributed by atoms with Crippen molar-refractivity contribution in [3.05, 3.63) is 42.0 Å². The smallest absolute Gasteiger partial charge is 0.131 e. The molecule has 0 fully saturated rings. The van der Waals surface area contributed by atoms with E-state index >= 15 is 0 Å². The van der Waals surface area contributed by atoms with Gasteiger partial charge in [-0.1, -0.05) is 33.8 Å². The quantitative estimate of drug-likeness (QED) is 0.820. The maximum Gasteiger partial charge on any atom is 0.131 e. The molecule has 0 aromatic carbocycles. The minimum atomic E-state index is 0.325. The fraction of sp³-hybridized carbons (Fsp3) is 0.400. The Morgan fingerprint density at radius 2 is 1.67 bits per heavy atom. The van der Waals surface area contributed by atoms with Crippen LogP contribution >= 0.6 is 0 Å². The van der Waals surface area contributed by atoms with Crippen LogP contribution in [0, 0.1) is 0 Å². The maximum atomic E-state index is 4.62. The van der Waals surface area contributed by atoms with Gasteiger partial charge in [-0.05, 0) is 24.1 Å². The average Bonchev–Trinajstić information content (AvgIpc) is 2.39. The van der Waals surface area contributed by atoms with E-state index in [9.17, 15) is 0 Å². The highest BCUT2D eigenvalue weighted by Crippen LogP contribution is 2.22. The van der Waals surface area contributed by atoms with Crippen LogP contribution in [-0.4, -0.2) is 15.0 Å². The van der Waals surface area contributed by atoms with Crippen molar-refractivity contribution in [2.75, 3.05) is 0 Å². The number of pyridine rings is 1. The molecule has 2 rings (SSSR count). The van der Waals surface area contributed by atoms with E-state index in [4.69, 9.17) is 0 Å². The Kier molecular flexibility index (Phi) is 3.70. The van der Waals surface area contributed by atoms with Crippen molar-refractivity contribution in [3.63, 3.8) is 0 Å². The zero-order valence-electron chi connectivity index (χ0n) is 11.4. The second-order valence-electron chi connectivity index (χ2n) is 5.06. The summed E-state index contributed by atoms with van der Waals surface area (Å²) in [5, 5.41) is 0. The highest BCUT2D eigenvalue weighted by atomic mass is 14.9. The van der Waals surface area contributed by atoms with Crippen LogP contribution in [-0.2, 0) is 0 Å². The monoisotopic (exact) mass is 241 g/mol. The molecule has 0 saturated carbocycles. The van der Waals surface area contributed by atoms with Crippen LogP contribution in [0.1, 0.15) is 51.0 Å². The third kappa shape index (κ3) is 2.73. The summed E-state index contributed by atoms with van der Waals surface area (Å²) in [6, 6.07) is 7.92. The van der Waals surface area contributed by atoms with E-state index in [0.717, 1.165) is 22.9 Å². The van der Waals surface area contributed by atoms with Gasteiger partial charge in [-0.25, -0.2) is 9.97 Å².